The minimum atomic E-state index is -0.0981. The molecule has 4 aromatic rings. The molecule has 0 aliphatic carbocycles. The molecule has 7 heteroatoms. The topological polar surface area (TPSA) is 57.7 Å². The van der Waals surface area contributed by atoms with Gasteiger partial charge < -0.3 is 10.1 Å². The smallest absolute Gasteiger partial charge is 0.270 e. The number of amides is 1. The zero-order chi connectivity index (χ0) is 28.3. The van der Waals surface area contributed by atoms with Gasteiger partial charge in [-0.2, -0.15) is 0 Å². The predicted octanol–water partition coefficient (Wildman–Crippen LogP) is 5.74. The van der Waals surface area contributed by atoms with E-state index in [1.807, 2.05) is 5.38 Å². The molecule has 3 aromatic carbocycles. The van der Waals surface area contributed by atoms with Crippen molar-refractivity contribution in [3.8, 4) is 0 Å². The van der Waals surface area contributed by atoms with Crippen molar-refractivity contribution in [2.75, 3.05) is 45.9 Å². The Hall–Kier alpha value is -3.36. The summed E-state index contributed by atoms with van der Waals surface area (Å²) in [6.45, 7) is 9.38. The second-order valence-corrected chi connectivity index (χ2v) is 11.6. The monoisotopic (exact) mass is 568 g/mol. The van der Waals surface area contributed by atoms with Gasteiger partial charge in [0.05, 0.1) is 19.8 Å². The average molecular weight is 569 g/mol. The Balaban J connectivity index is 1.25. The van der Waals surface area contributed by atoms with Gasteiger partial charge in [0, 0.05) is 44.0 Å². The number of hydrogen-bond donors (Lipinski definition) is 1. The van der Waals surface area contributed by atoms with Crippen LogP contribution in [0.15, 0.2) is 90.3 Å². The lowest BCUT2D eigenvalue weighted by Gasteiger charge is -2.26. The standard InChI is InChI=1S/C34H40N4O2S/c1-27-12-14-28(15-13-27)24-38(18-16-31(29-8-4-2-5-9-29)30-10-6-3-7-11-30)25-33-36-32(26-41-33)34(39)35-17-19-37-20-22-40-23-21-37/h2-15,26,31H,16-25H2,1H3,(H,35,39). The zero-order valence-corrected chi connectivity index (χ0v) is 24.7. The van der Waals surface area contributed by atoms with Crippen molar-refractivity contribution < 1.29 is 9.53 Å². The Bertz CT molecular complexity index is 1300. The van der Waals surface area contributed by atoms with Crippen molar-refractivity contribution in [3.05, 3.63) is 123 Å². The van der Waals surface area contributed by atoms with Crippen molar-refractivity contribution >= 4 is 17.2 Å². The first-order chi connectivity index (χ1) is 20.1. The molecule has 41 heavy (non-hydrogen) atoms. The first kappa shape index (κ1) is 29.1. The first-order valence-electron chi connectivity index (χ1n) is 14.5. The molecule has 1 N–H and O–H groups in total. The number of rotatable bonds is 13. The highest BCUT2D eigenvalue weighted by atomic mass is 32.1. The lowest BCUT2D eigenvalue weighted by atomic mass is 9.88. The fourth-order valence-corrected chi connectivity index (χ4v) is 6.11. The second-order valence-electron chi connectivity index (χ2n) is 10.7. The summed E-state index contributed by atoms with van der Waals surface area (Å²) >= 11 is 1.57. The molecule has 0 saturated carbocycles. The highest BCUT2D eigenvalue weighted by Crippen LogP contribution is 2.29. The Morgan fingerprint density at radius 2 is 1.61 bits per heavy atom. The third kappa shape index (κ3) is 8.81. The minimum Gasteiger partial charge on any atom is -0.379 e. The van der Waals surface area contributed by atoms with Crippen LogP contribution in [0.3, 0.4) is 0 Å². The van der Waals surface area contributed by atoms with Crippen molar-refractivity contribution in [1.29, 1.82) is 0 Å². The fourth-order valence-electron chi connectivity index (χ4n) is 5.30. The number of hydrogen-bond acceptors (Lipinski definition) is 6. The van der Waals surface area contributed by atoms with Crippen LogP contribution in [-0.2, 0) is 17.8 Å². The maximum atomic E-state index is 12.8. The summed E-state index contributed by atoms with van der Waals surface area (Å²) in [5.41, 5.74) is 5.72. The summed E-state index contributed by atoms with van der Waals surface area (Å²) in [4.78, 5) is 22.3. The zero-order valence-electron chi connectivity index (χ0n) is 23.9. The Morgan fingerprint density at radius 1 is 0.951 bits per heavy atom. The van der Waals surface area contributed by atoms with Gasteiger partial charge in [0.1, 0.15) is 10.7 Å². The lowest BCUT2D eigenvalue weighted by molar-refractivity contribution is 0.0383. The molecule has 0 spiro atoms. The number of nitrogens with one attached hydrogen (secondary N) is 1. The van der Waals surface area contributed by atoms with Crippen molar-refractivity contribution in [3.63, 3.8) is 0 Å². The number of ether oxygens (including phenoxy) is 1. The number of benzene rings is 3. The van der Waals surface area contributed by atoms with Crippen LogP contribution in [0.1, 0.15) is 50.1 Å². The van der Waals surface area contributed by atoms with E-state index >= 15 is 0 Å². The van der Waals surface area contributed by atoms with E-state index in [0.717, 1.165) is 57.4 Å². The number of aryl methyl sites for hydroxylation is 1. The van der Waals surface area contributed by atoms with Crippen LogP contribution in [0.4, 0.5) is 0 Å². The SMILES string of the molecule is Cc1ccc(CN(CCC(c2ccccc2)c2ccccc2)Cc2nc(C(=O)NCCN3CCOCC3)cs2)cc1. The Morgan fingerprint density at radius 3 is 2.27 bits per heavy atom. The van der Waals surface area contributed by atoms with E-state index in [1.54, 1.807) is 11.3 Å². The molecule has 0 radical (unpaired) electrons. The minimum absolute atomic E-state index is 0.0981. The molecule has 2 heterocycles. The van der Waals surface area contributed by atoms with E-state index in [-0.39, 0.29) is 5.91 Å². The van der Waals surface area contributed by atoms with E-state index in [2.05, 4.69) is 107 Å². The third-order valence-electron chi connectivity index (χ3n) is 7.63. The number of carbonyl (C=O) groups excluding carboxylic acids is 1. The highest BCUT2D eigenvalue weighted by Gasteiger charge is 2.19. The van der Waals surface area contributed by atoms with Gasteiger partial charge in [-0.1, -0.05) is 90.5 Å². The fraction of sp³-hybridized carbons (Fsp3) is 0.353. The Kier molecular flexibility index (Phi) is 10.7. The maximum absolute atomic E-state index is 12.8. The molecule has 1 aliphatic rings. The van der Waals surface area contributed by atoms with Crippen molar-refractivity contribution in [2.24, 2.45) is 0 Å². The molecule has 1 aromatic heterocycles. The van der Waals surface area contributed by atoms with Gasteiger partial charge in [-0.3, -0.25) is 14.6 Å². The molecule has 0 atom stereocenters. The van der Waals surface area contributed by atoms with Gasteiger partial charge in [0.2, 0.25) is 0 Å². The van der Waals surface area contributed by atoms with Crippen molar-refractivity contribution in [1.82, 2.24) is 20.1 Å². The maximum Gasteiger partial charge on any atom is 0.270 e. The molecule has 0 unspecified atom stereocenters. The summed E-state index contributed by atoms with van der Waals surface area (Å²) in [7, 11) is 0. The predicted molar refractivity (Wildman–Crippen MR) is 166 cm³/mol. The summed E-state index contributed by atoms with van der Waals surface area (Å²) < 4.78 is 5.41. The third-order valence-corrected chi connectivity index (χ3v) is 8.46. The lowest BCUT2D eigenvalue weighted by Crippen LogP contribution is -2.41. The number of carbonyl (C=O) groups is 1. The summed E-state index contributed by atoms with van der Waals surface area (Å²) in [6, 6.07) is 30.3. The van der Waals surface area contributed by atoms with Crippen molar-refractivity contribution in [2.45, 2.75) is 32.4 Å². The molecule has 1 aliphatic heterocycles. The molecule has 1 fully saturated rings. The Labute approximate surface area is 248 Å². The van der Waals surface area contributed by atoms with Crippen LogP contribution < -0.4 is 5.32 Å². The summed E-state index contributed by atoms with van der Waals surface area (Å²) in [5, 5.41) is 5.90. The summed E-state index contributed by atoms with van der Waals surface area (Å²) in [6.07, 6.45) is 0.986. The number of aromatic nitrogens is 1. The van der Waals surface area contributed by atoms with Crippen LogP contribution in [0.2, 0.25) is 0 Å². The van der Waals surface area contributed by atoms with E-state index in [1.165, 1.54) is 22.3 Å². The largest absolute Gasteiger partial charge is 0.379 e. The molecular weight excluding hydrogens is 528 g/mol. The van der Waals surface area contributed by atoms with Gasteiger partial charge in [0.15, 0.2) is 0 Å². The molecule has 6 nitrogen and oxygen atoms in total. The van der Waals surface area contributed by atoms with Gasteiger partial charge in [-0.15, -0.1) is 11.3 Å². The van der Waals surface area contributed by atoms with Crippen LogP contribution in [0.25, 0.3) is 0 Å². The van der Waals surface area contributed by atoms with E-state index in [4.69, 9.17) is 9.72 Å². The molecule has 214 valence electrons. The van der Waals surface area contributed by atoms with Gasteiger partial charge >= 0.3 is 0 Å². The number of nitrogens with zero attached hydrogens (tertiary/aromatic N) is 3. The van der Waals surface area contributed by atoms with E-state index < -0.39 is 0 Å². The number of morpholine rings is 1. The molecule has 1 amide bonds. The van der Waals surface area contributed by atoms with Crippen LogP contribution in [0, 0.1) is 6.92 Å². The number of thiazole rings is 1. The second kappa shape index (κ2) is 15.0. The quantitative estimate of drug-likeness (QED) is 0.223. The van der Waals surface area contributed by atoms with Gasteiger partial charge in [-0.05, 0) is 36.6 Å². The first-order valence-corrected chi connectivity index (χ1v) is 15.4. The van der Waals surface area contributed by atoms with Gasteiger partial charge in [-0.25, -0.2) is 4.98 Å². The highest BCUT2D eigenvalue weighted by molar-refractivity contribution is 7.09. The van der Waals surface area contributed by atoms with E-state index in [9.17, 15) is 4.79 Å². The van der Waals surface area contributed by atoms with Gasteiger partial charge in [0.25, 0.3) is 5.91 Å². The van der Waals surface area contributed by atoms with Crippen LogP contribution >= 0.6 is 11.3 Å². The van der Waals surface area contributed by atoms with Crippen LogP contribution in [-0.4, -0.2) is 66.6 Å². The van der Waals surface area contributed by atoms with E-state index in [0.29, 0.717) is 24.7 Å². The molecule has 5 rings (SSSR count). The van der Waals surface area contributed by atoms with Crippen LogP contribution in [0.5, 0.6) is 0 Å². The average Bonchev–Trinajstić information content (AvgIpc) is 3.48. The molecular formula is C34H40N4O2S. The summed E-state index contributed by atoms with van der Waals surface area (Å²) in [5.74, 6) is 0.209. The molecule has 1 saturated heterocycles. The molecule has 0 bridgehead atoms. The normalized spacial score (nSPS) is 14.0.